The number of nitrogens with zero attached hydrogens (tertiary/aromatic N) is 1. The minimum absolute atomic E-state index is 0.0455. The lowest BCUT2D eigenvalue weighted by Gasteiger charge is -2.14. The van der Waals surface area contributed by atoms with Gasteiger partial charge in [-0.25, -0.2) is 0 Å². The lowest BCUT2D eigenvalue weighted by Crippen LogP contribution is -2.25. The summed E-state index contributed by atoms with van der Waals surface area (Å²) in [6, 6.07) is 5.65. The van der Waals surface area contributed by atoms with Gasteiger partial charge < -0.3 is 15.8 Å². The highest BCUT2D eigenvalue weighted by Gasteiger charge is 2.32. The van der Waals surface area contributed by atoms with Crippen LogP contribution in [0.5, 0.6) is 5.75 Å². The Kier molecular flexibility index (Phi) is 6.00. The Morgan fingerprint density at radius 2 is 2.10 bits per heavy atom. The third kappa shape index (κ3) is 6.05. The quantitative estimate of drug-likeness (QED) is 0.648. The van der Waals surface area contributed by atoms with Crippen LogP contribution in [0.3, 0.4) is 0 Å². The second-order valence-corrected chi connectivity index (χ2v) is 5.22. The lowest BCUT2D eigenvalue weighted by atomic mass is 10.3. The molecule has 1 rings (SSSR count). The zero-order chi connectivity index (χ0) is 15.2. The van der Waals surface area contributed by atoms with Crippen molar-refractivity contribution in [3.63, 3.8) is 0 Å². The summed E-state index contributed by atoms with van der Waals surface area (Å²) in [4.78, 5) is 4.05. The van der Waals surface area contributed by atoms with Gasteiger partial charge in [-0.05, 0) is 18.4 Å². The van der Waals surface area contributed by atoms with E-state index in [0.29, 0.717) is 6.54 Å². The number of thioether (sulfide) groups is 1. The van der Waals surface area contributed by atoms with E-state index >= 15 is 0 Å². The standard InChI is InChI=1S/C12H16F3N3OS/c1-8(20-2)7-17-11(16)18-9-5-3-4-6-10(9)19-12(13,14)15/h3-6,8H,7H2,1-2H3,(H3,16,17,18). The molecule has 1 atom stereocenters. The van der Waals surface area contributed by atoms with Crippen LogP contribution in [0.25, 0.3) is 0 Å². The molecular formula is C12H16F3N3OS. The van der Waals surface area contributed by atoms with Crippen molar-refractivity contribution in [2.75, 3.05) is 18.1 Å². The van der Waals surface area contributed by atoms with Gasteiger partial charge in [0, 0.05) is 5.25 Å². The fourth-order valence-corrected chi connectivity index (χ4v) is 1.49. The summed E-state index contributed by atoms with van der Waals surface area (Å²) in [5.74, 6) is -0.305. The molecule has 0 radical (unpaired) electrons. The maximum absolute atomic E-state index is 12.2. The number of rotatable bonds is 5. The van der Waals surface area contributed by atoms with Gasteiger partial charge in [0.2, 0.25) is 0 Å². The summed E-state index contributed by atoms with van der Waals surface area (Å²) in [5.41, 5.74) is 5.75. The molecule has 0 amide bonds. The summed E-state index contributed by atoms with van der Waals surface area (Å²) < 4.78 is 40.6. The highest BCUT2D eigenvalue weighted by atomic mass is 32.2. The number of para-hydroxylation sites is 2. The van der Waals surface area contributed by atoms with E-state index in [1.165, 1.54) is 18.2 Å². The van der Waals surface area contributed by atoms with Gasteiger partial charge in [0.25, 0.3) is 0 Å². The summed E-state index contributed by atoms with van der Waals surface area (Å²) in [6.07, 6.45) is -2.81. The predicted octanol–water partition coefficient (Wildman–Crippen LogP) is 3.06. The first kappa shape index (κ1) is 16.5. The van der Waals surface area contributed by atoms with Crippen LogP contribution in [0.1, 0.15) is 6.92 Å². The topological polar surface area (TPSA) is 59.6 Å². The van der Waals surface area contributed by atoms with Crippen molar-refractivity contribution < 1.29 is 17.9 Å². The normalized spacial score (nSPS) is 13.9. The molecule has 0 aromatic heterocycles. The molecular weight excluding hydrogens is 291 g/mol. The van der Waals surface area contributed by atoms with Gasteiger partial charge in [-0.3, -0.25) is 4.99 Å². The first-order valence-corrected chi connectivity index (χ1v) is 7.05. The second kappa shape index (κ2) is 7.28. The summed E-state index contributed by atoms with van der Waals surface area (Å²) in [5, 5.41) is 2.88. The highest BCUT2D eigenvalue weighted by molar-refractivity contribution is 7.99. The van der Waals surface area contributed by atoms with E-state index in [1.807, 2.05) is 13.2 Å². The predicted molar refractivity (Wildman–Crippen MR) is 76.2 cm³/mol. The van der Waals surface area contributed by atoms with E-state index in [4.69, 9.17) is 5.73 Å². The fourth-order valence-electron chi connectivity index (χ4n) is 1.26. The molecule has 0 aliphatic rings. The molecule has 0 aliphatic carbocycles. The zero-order valence-electron chi connectivity index (χ0n) is 11.1. The number of aliphatic imine (C=N–C) groups is 1. The maximum Gasteiger partial charge on any atom is 0.573 e. The van der Waals surface area contributed by atoms with Crippen molar-refractivity contribution in [1.29, 1.82) is 0 Å². The van der Waals surface area contributed by atoms with Crippen molar-refractivity contribution in [2.45, 2.75) is 18.5 Å². The average molecular weight is 307 g/mol. The van der Waals surface area contributed by atoms with Crippen LogP contribution in [0.2, 0.25) is 0 Å². The third-order valence-corrected chi connectivity index (χ3v) is 3.25. The van der Waals surface area contributed by atoms with Crippen LogP contribution in [0.4, 0.5) is 18.9 Å². The minimum Gasteiger partial charge on any atom is -0.404 e. The number of hydrogen-bond donors (Lipinski definition) is 2. The molecule has 0 aliphatic heterocycles. The van der Waals surface area contributed by atoms with Gasteiger partial charge in [-0.2, -0.15) is 11.8 Å². The van der Waals surface area contributed by atoms with Gasteiger partial charge in [0.05, 0.1) is 12.2 Å². The molecule has 0 spiro atoms. The van der Waals surface area contributed by atoms with E-state index in [2.05, 4.69) is 15.0 Å². The first-order chi connectivity index (χ1) is 9.31. The number of guanidine groups is 1. The van der Waals surface area contributed by atoms with Crippen molar-refractivity contribution >= 4 is 23.4 Å². The van der Waals surface area contributed by atoms with Crippen LogP contribution in [0, 0.1) is 0 Å². The number of halogens is 3. The molecule has 112 valence electrons. The highest BCUT2D eigenvalue weighted by Crippen LogP contribution is 2.29. The van der Waals surface area contributed by atoms with Gasteiger partial charge in [-0.15, -0.1) is 13.2 Å². The molecule has 0 fully saturated rings. The largest absolute Gasteiger partial charge is 0.573 e. The van der Waals surface area contributed by atoms with Crippen molar-refractivity contribution in [2.24, 2.45) is 10.7 Å². The lowest BCUT2D eigenvalue weighted by molar-refractivity contribution is -0.274. The van der Waals surface area contributed by atoms with Gasteiger partial charge in [0.15, 0.2) is 11.7 Å². The molecule has 1 unspecified atom stereocenters. The van der Waals surface area contributed by atoms with Gasteiger partial charge in [0.1, 0.15) is 0 Å². The Morgan fingerprint density at radius 1 is 1.45 bits per heavy atom. The number of nitrogens with one attached hydrogen (secondary N) is 1. The number of ether oxygens (including phenoxy) is 1. The number of nitrogens with two attached hydrogens (primary N) is 1. The summed E-state index contributed by atoms with van der Waals surface area (Å²) in [6.45, 7) is 2.45. The van der Waals surface area contributed by atoms with E-state index in [9.17, 15) is 13.2 Å². The van der Waals surface area contributed by atoms with Crippen LogP contribution in [0.15, 0.2) is 29.3 Å². The number of alkyl halides is 3. The van der Waals surface area contributed by atoms with Crippen LogP contribution in [-0.2, 0) is 0 Å². The molecule has 1 aromatic carbocycles. The molecule has 0 saturated heterocycles. The Morgan fingerprint density at radius 3 is 2.70 bits per heavy atom. The van der Waals surface area contributed by atoms with E-state index in [-0.39, 0.29) is 22.6 Å². The maximum atomic E-state index is 12.2. The third-order valence-electron chi connectivity index (χ3n) is 2.30. The number of anilines is 1. The monoisotopic (exact) mass is 307 g/mol. The Balaban J connectivity index is 2.77. The smallest absolute Gasteiger partial charge is 0.404 e. The molecule has 4 nitrogen and oxygen atoms in total. The van der Waals surface area contributed by atoms with Crippen LogP contribution >= 0.6 is 11.8 Å². The second-order valence-electron chi connectivity index (χ2n) is 3.94. The summed E-state index contributed by atoms with van der Waals surface area (Å²) in [7, 11) is 0. The Labute approximate surface area is 119 Å². The molecule has 20 heavy (non-hydrogen) atoms. The van der Waals surface area contributed by atoms with Gasteiger partial charge >= 0.3 is 6.36 Å². The van der Waals surface area contributed by atoms with E-state index in [1.54, 1.807) is 17.8 Å². The molecule has 0 heterocycles. The average Bonchev–Trinajstić information content (AvgIpc) is 2.36. The summed E-state index contributed by atoms with van der Waals surface area (Å²) >= 11 is 1.62. The molecule has 3 N–H and O–H groups in total. The van der Waals surface area contributed by atoms with Crippen molar-refractivity contribution in [1.82, 2.24) is 0 Å². The van der Waals surface area contributed by atoms with Gasteiger partial charge in [-0.1, -0.05) is 19.1 Å². The Hall–Kier alpha value is -1.57. The number of hydrogen-bond acceptors (Lipinski definition) is 3. The van der Waals surface area contributed by atoms with Crippen molar-refractivity contribution in [3.8, 4) is 5.75 Å². The molecule has 8 heteroatoms. The first-order valence-electron chi connectivity index (χ1n) is 5.76. The van der Waals surface area contributed by atoms with Crippen LogP contribution in [-0.4, -0.2) is 30.4 Å². The fraction of sp³-hybridized carbons (Fsp3) is 0.417. The number of benzene rings is 1. The SMILES string of the molecule is CSC(C)CN=C(N)Nc1ccccc1OC(F)(F)F. The van der Waals surface area contributed by atoms with Crippen LogP contribution < -0.4 is 15.8 Å². The molecule has 0 saturated carbocycles. The molecule has 0 bridgehead atoms. The minimum atomic E-state index is -4.75. The van der Waals surface area contributed by atoms with E-state index in [0.717, 1.165) is 0 Å². The Bertz CT molecular complexity index is 466. The van der Waals surface area contributed by atoms with Crippen molar-refractivity contribution in [3.05, 3.63) is 24.3 Å². The van der Waals surface area contributed by atoms with E-state index < -0.39 is 6.36 Å². The zero-order valence-corrected chi connectivity index (χ0v) is 11.9. The molecule has 1 aromatic rings.